The van der Waals surface area contributed by atoms with Gasteiger partial charge in [-0.2, -0.15) is 0 Å². The van der Waals surface area contributed by atoms with E-state index in [1.165, 1.54) is 5.57 Å². The third-order valence-corrected chi connectivity index (χ3v) is 2.46. The van der Waals surface area contributed by atoms with Crippen LogP contribution in [0.5, 0.6) is 0 Å². The molecule has 0 saturated carbocycles. The molecule has 0 heterocycles. The molecule has 1 atom stereocenters. The molecule has 0 nitrogen and oxygen atoms in total. The summed E-state index contributed by atoms with van der Waals surface area (Å²) < 4.78 is 0. The molecule has 0 aromatic rings. The van der Waals surface area contributed by atoms with Gasteiger partial charge in [0, 0.05) is 0 Å². The van der Waals surface area contributed by atoms with Crippen LogP contribution in [0.3, 0.4) is 0 Å². The number of hydrogen-bond acceptors (Lipinski definition) is 0. The highest BCUT2D eigenvalue weighted by Gasteiger charge is 2.22. The highest BCUT2D eigenvalue weighted by atomic mass is 14.3. The van der Waals surface area contributed by atoms with Crippen molar-refractivity contribution >= 4 is 0 Å². The Hall–Kier alpha value is -0.520. The van der Waals surface area contributed by atoms with Crippen molar-refractivity contribution in [3.8, 4) is 0 Å². The second-order valence-corrected chi connectivity index (χ2v) is 3.85. The Morgan fingerprint density at radius 2 is 2.00 bits per heavy atom. The lowest BCUT2D eigenvalue weighted by atomic mass is 9.76. The lowest BCUT2D eigenvalue weighted by Crippen LogP contribution is -2.19. The minimum Gasteiger partial charge on any atom is -0.0780 e. The normalized spacial score (nSPS) is 30.0. The van der Waals surface area contributed by atoms with Crippen LogP contribution in [0.2, 0.25) is 0 Å². The number of allylic oxidation sites excluding steroid dienone is 4. The van der Waals surface area contributed by atoms with Crippen molar-refractivity contribution in [1.82, 2.24) is 0 Å². The summed E-state index contributed by atoms with van der Waals surface area (Å²) in [5.74, 6) is 0.678. The molecule has 1 rings (SSSR count). The molecule has 10 heavy (non-hydrogen) atoms. The lowest BCUT2D eigenvalue weighted by Gasteiger charge is -2.29. The quantitative estimate of drug-likeness (QED) is 0.480. The highest BCUT2D eigenvalue weighted by molar-refractivity contribution is 5.25. The summed E-state index contributed by atoms with van der Waals surface area (Å²) in [5.41, 5.74) is 1.76. The van der Waals surface area contributed by atoms with E-state index in [9.17, 15) is 0 Å². The lowest BCUT2D eigenvalue weighted by molar-refractivity contribution is 0.362. The van der Waals surface area contributed by atoms with Crippen LogP contribution in [0, 0.1) is 11.3 Å². The maximum absolute atomic E-state index is 2.33. The van der Waals surface area contributed by atoms with E-state index < -0.39 is 0 Å². The summed E-state index contributed by atoms with van der Waals surface area (Å²) in [6.07, 6.45) is 6.84. The zero-order chi connectivity index (χ0) is 7.78. The molecule has 0 saturated heterocycles. The summed E-state index contributed by atoms with van der Waals surface area (Å²) in [6.45, 7) is 8.98. The number of rotatable bonds is 0. The van der Waals surface area contributed by atoms with Crippen molar-refractivity contribution in [3.63, 3.8) is 0 Å². The van der Waals surface area contributed by atoms with Gasteiger partial charge in [0.25, 0.3) is 0 Å². The van der Waals surface area contributed by atoms with Crippen LogP contribution in [0.15, 0.2) is 23.8 Å². The van der Waals surface area contributed by atoms with Gasteiger partial charge in [-0.25, -0.2) is 0 Å². The van der Waals surface area contributed by atoms with Gasteiger partial charge in [-0.05, 0) is 18.3 Å². The fourth-order valence-electron chi connectivity index (χ4n) is 1.16. The largest absolute Gasteiger partial charge is 0.0780 e. The van der Waals surface area contributed by atoms with Crippen molar-refractivity contribution < 1.29 is 0 Å². The van der Waals surface area contributed by atoms with Gasteiger partial charge in [-0.15, -0.1) is 0 Å². The summed E-state index contributed by atoms with van der Waals surface area (Å²) >= 11 is 0. The van der Waals surface area contributed by atoms with E-state index in [1.807, 2.05) is 0 Å². The molecule has 0 N–H and O–H groups in total. The second kappa shape index (κ2) is 2.26. The third kappa shape index (κ3) is 1.31. The topological polar surface area (TPSA) is 0 Å². The fourth-order valence-corrected chi connectivity index (χ4v) is 1.16. The van der Waals surface area contributed by atoms with Gasteiger partial charge in [0.1, 0.15) is 0 Å². The van der Waals surface area contributed by atoms with Crippen molar-refractivity contribution in [3.05, 3.63) is 23.8 Å². The Bertz CT molecular complexity index is 182. The van der Waals surface area contributed by atoms with Gasteiger partial charge >= 0.3 is 0 Å². The van der Waals surface area contributed by atoms with Crippen LogP contribution in [0.1, 0.15) is 27.7 Å². The molecule has 1 aliphatic rings. The molecule has 0 fully saturated rings. The summed E-state index contributed by atoms with van der Waals surface area (Å²) in [5, 5.41) is 0. The molecule has 0 aliphatic heterocycles. The molecule has 0 aromatic carbocycles. The SMILES string of the molecule is CC1=CC(C)C(C)(C)C=C1. The fraction of sp³-hybridized carbons (Fsp3) is 0.600. The van der Waals surface area contributed by atoms with Gasteiger partial charge < -0.3 is 0 Å². The van der Waals surface area contributed by atoms with E-state index in [4.69, 9.17) is 0 Å². The first-order chi connectivity index (χ1) is 4.52. The van der Waals surface area contributed by atoms with E-state index in [-0.39, 0.29) is 0 Å². The average Bonchev–Trinajstić information content (AvgIpc) is 1.81. The van der Waals surface area contributed by atoms with Gasteiger partial charge in [0.05, 0.1) is 0 Å². The van der Waals surface area contributed by atoms with Crippen molar-refractivity contribution in [2.45, 2.75) is 27.7 Å². The Balaban J connectivity index is 2.84. The predicted molar refractivity (Wildman–Crippen MR) is 45.8 cm³/mol. The van der Waals surface area contributed by atoms with Crippen molar-refractivity contribution in [2.75, 3.05) is 0 Å². The zero-order valence-corrected chi connectivity index (χ0v) is 7.31. The first kappa shape index (κ1) is 7.59. The van der Waals surface area contributed by atoms with Crippen LogP contribution in [0.25, 0.3) is 0 Å². The monoisotopic (exact) mass is 136 g/mol. The summed E-state index contributed by atoms with van der Waals surface area (Å²) in [6, 6.07) is 0. The standard InChI is InChI=1S/C10H16/c1-8-5-6-10(3,4)9(2)7-8/h5-7,9H,1-4H3. The maximum atomic E-state index is 2.33. The molecule has 0 radical (unpaired) electrons. The molecule has 0 aromatic heterocycles. The van der Waals surface area contributed by atoms with Crippen LogP contribution >= 0.6 is 0 Å². The molecule has 1 aliphatic carbocycles. The molecule has 0 spiro atoms. The van der Waals surface area contributed by atoms with E-state index >= 15 is 0 Å². The molecular formula is C10H16. The summed E-state index contributed by atoms with van der Waals surface area (Å²) in [4.78, 5) is 0. The van der Waals surface area contributed by atoms with Gasteiger partial charge in [0.15, 0.2) is 0 Å². The molecule has 1 unspecified atom stereocenters. The Kier molecular flexibility index (Phi) is 1.72. The second-order valence-electron chi connectivity index (χ2n) is 3.85. The van der Waals surface area contributed by atoms with Crippen molar-refractivity contribution in [2.24, 2.45) is 11.3 Å². The van der Waals surface area contributed by atoms with Crippen LogP contribution in [-0.4, -0.2) is 0 Å². The molecule has 0 amide bonds. The maximum Gasteiger partial charge on any atom is -0.0111 e. The molecular weight excluding hydrogens is 120 g/mol. The first-order valence-electron chi connectivity index (χ1n) is 3.90. The van der Waals surface area contributed by atoms with E-state index in [2.05, 4.69) is 45.9 Å². The van der Waals surface area contributed by atoms with Crippen LogP contribution < -0.4 is 0 Å². The van der Waals surface area contributed by atoms with Crippen LogP contribution in [-0.2, 0) is 0 Å². The van der Waals surface area contributed by atoms with E-state index in [0.717, 1.165) is 0 Å². The summed E-state index contributed by atoms with van der Waals surface area (Å²) in [7, 11) is 0. The Labute approximate surface area is 63.6 Å². The molecule has 0 heteroatoms. The van der Waals surface area contributed by atoms with E-state index in [0.29, 0.717) is 11.3 Å². The predicted octanol–water partition coefficient (Wildman–Crippen LogP) is 3.16. The third-order valence-electron chi connectivity index (χ3n) is 2.46. The Morgan fingerprint density at radius 3 is 2.40 bits per heavy atom. The number of hydrogen-bond donors (Lipinski definition) is 0. The zero-order valence-electron chi connectivity index (χ0n) is 7.31. The molecule has 0 bridgehead atoms. The van der Waals surface area contributed by atoms with Gasteiger partial charge in [-0.1, -0.05) is 44.6 Å². The minimum atomic E-state index is 0.361. The first-order valence-corrected chi connectivity index (χ1v) is 3.90. The highest BCUT2D eigenvalue weighted by Crippen LogP contribution is 2.33. The van der Waals surface area contributed by atoms with Crippen molar-refractivity contribution in [1.29, 1.82) is 0 Å². The Morgan fingerprint density at radius 1 is 1.40 bits per heavy atom. The van der Waals surface area contributed by atoms with Gasteiger partial charge in [-0.3, -0.25) is 0 Å². The minimum absolute atomic E-state index is 0.361. The van der Waals surface area contributed by atoms with Crippen LogP contribution in [0.4, 0.5) is 0 Å². The average molecular weight is 136 g/mol. The smallest absolute Gasteiger partial charge is 0.0111 e. The van der Waals surface area contributed by atoms with Gasteiger partial charge in [0.2, 0.25) is 0 Å². The van der Waals surface area contributed by atoms with E-state index in [1.54, 1.807) is 0 Å². The molecule has 56 valence electrons.